The summed E-state index contributed by atoms with van der Waals surface area (Å²) in [5, 5.41) is 2.87. The Morgan fingerprint density at radius 2 is 2.18 bits per heavy atom. The third-order valence-corrected chi connectivity index (χ3v) is 3.36. The lowest BCUT2D eigenvalue weighted by atomic mass is 10.2. The van der Waals surface area contributed by atoms with E-state index in [9.17, 15) is 4.79 Å². The van der Waals surface area contributed by atoms with Crippen molar-refractivity contribution < 1.29 is 4.79 Å². The largest absolute Gasteiger partial charge is 0.372 e. The Morgan fingerprint density at radius 3 is 2.65 bits per heavy atom. The Morgan fingerprint density at radius 1 is 1.47 bits per heavy atom. The third kappa shape index (κ3) is 2.54. The zero-order valence-corrected chi connectivity index (χ0v) is 10.5. The van der Waals surface area contributed by atoms with Crippen LogP contribution in [0.25, 0.3) is 0 Å². The average molecular weight is 234 g/mol. The minimum atomic E-state index is -0.0560. The number of hydrogen-bond donors (Lipinski definition) is 1. The number of nitrogens with zero attached hydrogens (tertiary/aromatic N) is 3. The monoisotopic (exact) mass is 234 g/mol. The summed E-state index contributed by atoms with van der Waals surface area (Å²) in [5.41, 5.74) is 0.402. The van der Waals surface area contributed by atoms with Crippen molar-refractivity contribution in [2.24, 2.45) is 5.92 Å². The normalized spacial score (nSPS) is 16.4. The zero-order valence-electron chi connectivity index (χ0n) is 10.5. The van der Waals surface area contributed by atoms with Crippen LogP contribution in [-0.2, 0) is 0 Å². The van der Waals surface area contributed by atoms with Crippen LogP contribution in [0, 0.1) is 5.92 Å². The molecule has 0 aliphatic heterocycles. The van der Waals surface area contributed by atoms with E-state index < -0.39 is 0 Å². The molecule has 1 amide bonds. The maximum Gasteiger partial charge on any atom is 0.274 e. The number of rotatable bonds is 4. The molecule has 1 atom stereocenters. The summed E-state index contributed by atoms with van der Waals surface area (Å²) in [6.07, 6.45) is 5.54. The molecule has 92 valence electrons. The highest BCUT2D eigenvalue weighted by molar-refractivity contribution is 5.92. The summed E-state index contributed by atoms with van der Waals surface area (Å²) in [4.78, 5) is 22.1. The van der Waals surface area contributed by atoms with Crippen LogP contribution in [0.4, 0.5) is 5.82 Å². The second kappa shape index (κ2) is 4.69. The summed E-state index contributed by atoms with van der Waals surface area (Å²) in [6, 6.07) is 0.285. The Balaban J connectivity index is 2.06. The van der Waals surface area contributed by atoms with Gasteiger partial charge in [0.15, 0.2) is 0 Å². The predicted octanol–water partition coefficient (Wildman–Crippen LogP) is 1.39. The molecular formula is C12H18N4O. The molecule has 1 saturated carbocycles. The fourth-order valence-corrected chi connectivity index (χ4v) is 1.83. The number of carbonyl (C=O) groups is 1. The third-order valence-electron chi connectivity index (χ3n) is 3.36. The van der Waals surface area contributed by atoms with E-state index in [1.165, 1.54) is 19.0 Å². The molecule has 1 aromatic rings. The summed E-state index contributed by atoms with van der Waals surface area (Å²) in [6.45, 7) is 2.09. The first kappa shape index (κ1) is 11.8. The van der Waals surface area contributed by atoms with Crippen LogP contribution in [0.5, 0.6) is 0 Å². The van der Waals surface area contributed by atoms with E-state index in [1.54, 1.807) is 18.1 Å². The smallest absolute Gasteiger partial charge is 0.274 e. The van der Waals surface area contributed by atoms with Crippen molar-refractivity contribution in [3.05, 3.63) is 18.1 Å². The van der Waals surface area contributed by atoms with Gasteiger partial charge < -0.3 is 10.2 Å². The first-order chi connectivity index (χ1) is 8.13. The molecule has 2 rings (SSSR count). The summed E-state index contributed by atoms with van der Waals surface area (Å²) in [7, 11) is 3.60. The van der Waals surface area contributed by atoms with Gasteiger partial charge in [-0.3, -0.25) is 4.79 Å². The maximum absolute atomic E-state index is 12.1. The Kier molecular flexibility index (Phi) is 3.26. The number of amides is 1. The van der Waals surface area contributed by atoms with Gasteiger partial charge in [-0.05, 0) is 25.7 Å². The van der Waals surface area contributed by atoms with Gasteiger partial charge in [0.2, 0.25) is 0 Å². The molecule has 5 nitrogen and oxygen atoms in total. The standard InChI is InChI=1S/C12H18N4O/c1-8(9-4-5-9)16(3)12(17)10-6-15-11(13-2)7-14-10/h6-9H,4-5H2,1-3H3,(H,13,15). The first-order valence-corrected chi connectivity index (χ1v) is 5.90. The molecule has 0 saturated heterocycles. The van der Waals surface area contributed by atoms with Gasteiger partial charge in [0, 0.05) is 20.1 Å². The van der Waals surface area contributed by atoms with E-state index >= 15 is 0 Å². The lowest BCUT2D eigenvalue weighted by molar-refractivity contribution is 0.0721. The summed E-state index contributed by atoms with van der Waals surface area (Å²) >= 11 is 0. The highest BCUT2D eigenvalue weighted by Gasteiger charge is 2.33. The van der Waals surface area contributed by atoms with Crippen LogP contribution in [0.1, 0.15) is 30.3 Å². The fourth-order valence-electron chi connectivity index (χ4n) is 1.83. The number of anilines is 1. The second-order valence-electron chi connectivity index (χ2n) is 4.53. The molecule has 1 aliphatic carbocycles. The van der Waals surface area contributed by atoms with E-state index in [1.807, 2.05) is 7.05 Å². The van der Waals surface area contributed by atoms with Gasteiger partial charge >= 0.3 is 0 Å². The van der Waals surface area contributed by atoms with Gasteiger partial charge in [-0.15, -0.1) is 0 Å². The van der Waals surface area contributed by atoms with Crippen molar-refractivity contribution in [1.82, 2.24) is 14.9 Å². The molecule has 1 fully saturated rings. The molecule has 1 heterocycles. The number of carbonyl (C=O) groups excluding carboxylic acids is 1. The highest BCUT2D eigenvalue weighted by atomic mass is 16.2. The van der Waals surface area contributed by atoms with Crippen LogP contribution < -0.4 is 5.32 Å². The van der Waals surface area contributed by atoms with Crippen molar-refractivity contribution in [2.75, 3.05) is 19.4 Å². The van der Waals surface area contributed by atoms with Gasteiger partial charge in [0.05, 0.1) is 12.4 Å². The van der Waals surface area contributed by atoms with Gasteiger partial charge in [-0.2, -0.15) is 0 Å². The molecule has 0 aromatic carbocycles. The van der Waals surface area contributed by atoms with Gasteiger partial charge in [0.1, 0.15) is 11.5 Å². The Labute approximate surface area is 101 Å². The molecule has 0 radical (unpaired) electrons. The van der Waals surface area contributed by atoms with Crippen molar-refractivity contribution in [3.8, 4) is 0 Å². The van der Waals surface area contributed by atoms with Crippen molar-refractivity contribution >= 4 is 11.7 Å². The quantitative estimate of drug-likeness (QED) is 0.855. The number of nitrogens with one attached hydrogen (secondary N) is 1. The minimum Gasteiger partial charge on any atom is -0.372 e. The molecule has 17 heavy (non-hydrogen) atoms. The van der Waals surface area contributed by atoms with Gasteiger partial charge in [-0.1, -0.05) is 0 Å². The van der Waals surface area contributed by atoms with Gasteiger partial charge in [-0.25, -0.2) is 9.97 Å². The van der Waals surface area contributed by atoms with E-state index in [4.69, 9.17) is 0 Å². The van der Waals surface area contributed by atoms with E-state index in [2.05, 4.69) is 22.2 Å². The Bertz CT molecular complexity index is 399. The fraction of sp³-hybridized carbons (Fsp3) is 0.583. The van der Waals surface area contributed by atoms with E-state index in [0.29, 0.717) is 17.4 Å². The van der Waals surface area contributed by atoms with Crippen LogP contribution in [0.2, 0.25) is 0 Å². The minimum absolute atomic E-state index is 0.0560. The molecular weight excluding hydrogens is 216 g/mol. The molecule has 0 spiro atoms. The van der Waals surface area contributed by atoms with Crippen molar-refractivity contribution in [2.45, 2.75) is 25.8 Å². The van der Waals surface area contributed by atoms with Crippen LogP contribution in [0.15, 0.2) is 12.4 Å². The van der Waals surface area contributed by atoms with Crippen LogP contribution in [0.3, 0.4) is 0 Å². The first-order valence-electron chi connectivity index (χ1n) is 5.90. The lowest BCUT2D eigenvalue weighted by Gasteiger charge is -2.24. The highest BCUT2D eigenvalue weighted by Crippen LogP contribution is 2.34. The second-order valence-corrected chi connectivity index (χ2v) is 4.53. The predicted molar refractivity (Wildman–Crippen MR) is 65.9 cm³/mol. The molecule has 1 N–H and O–H groups in total. The van der Waals surface area contributed by atoms with Crippen molar-refractivity contribution in [3.63, 3.8) is 0 Å². The van der Waals surface area contributed by atoms with Gasteiger partial charge in [0.25, 0.3) is 5.91 Å². The Hall–Kier alpha value is -1.65. The average Bonchev–Trinajstić information content (AvgIpc) is 3.20. The molecule has 1 aromatic heterocycles. The summed E-state index contributed by atoms with van der Waals surface area (Å²) < 4.78 is 0. The lowest BCUT2D eigenvalue weighted by Crippen LogP contribution is -2.36. The zero-order chi connectivity index (χ0) is 12.4. The summed E-state index contributed by atoms with van der Waals surface area (Å²) in [5.74, 6) is 1.27. The number of aromatic nitrogens is 2. The topological polar surface area (TPSA) is 58.1 Å². The SMILES string of the molecule is CNc1cnc(C(=O)N(C)C(C)C2CC2)cn1. The van der Waals surface area contributed by atoms with E-state index in [0.717, 1.165) is 0 Å². The molecule has 5 heteroatoms. The molecule has 0 bridgehead atoms. The molecule has 1 aliphatic rings. The van der Waals surface area contributed by atoms with Crippen molar-refractivity contribution in [1.29, 1.82) is 0 Å². The van der Waals surface area contributed by atoms with Crippen LogP contribution in [-0.4, -0.2) is 40.9 Å². The maximum atomic E-state index is 12.1. The van der Waals surface area contributed by atoms with E-state index in [-0.39, 0.29) is 11.9 Å². The van der Waals surface area contributed by atoms with Crippen LogP contribution >= 0.6 is 0 Å². The molecule has 1 unspecified atom stereocenters. The number of hydrogen-bond acceptors (Lipinski definition) is 4.